The lowest BCUT2D eigenvalue weighted by atomic mass is 10.2. The standard InChI is InChI=1S/C10H16N4O2/c1-4-7(11)9(15)13-8-5-6(2)12-10(14-8)16-3/h5,7H,4,11H2,1-3H3,(H,12,13,14,15). The summed E-state index contributed by atoms with van der Waals surface area (Å²) in [6.07, 6.45) is 0.576. The third-order valence-electron chi connectivity index (χ3n) is 2.04. The fraction of sp³-hybridized carbons (Fsp3) is 0.500. The number of rotatable bonds is 4. The Morgan fingerprint density at radius 2 is 2.31 bits per heavy atom. The first-order valence-corrected chi connectivity index (χ1v) is 5.03. The summed E-state index contributed by atoms with van der Waals surface area (Å²) < 4.78 is 4.90. The Morgan fingerprint density at radius 3 is 2.88 bits per heavy atom. The molecule has 1 heterocycles. The number of amides is 1. The minimum atomic E-state index is -0.527. The molecule has 0 bridgehead atoms. The number of anilines is 1. The molecule has 88 valence electrons. The molecule has 0 aromatic carbocycles. The number of aryl methyl sites for hydroxylation is 1. The van der Waals surface area contributed by atoms with E-state index in [0.29, 0.717) is 17.9 Å². The maximum Gasteiger partial charge on any atom is 0.318 e. The van der Waals surface area contributed by atoms with Crippen molar-refractivity contribution in [3.8, 4) is 6.01 Å². The van der Waals surface area contributed by atoms with Gasteiger partial charge in [0, 0.05) is 11.8 Å². The lowest BCUT2D eigenvalue weighted by molar-refractivity contribution is -0.117. The van der Waals surface area contributed by atoms with Crippen LogP contribution < -0.4 is 15.8 Å². The second-order valence-electron chi connectivity index (χ2n) is 3.39. The van der Waals surface area contributed by atoms with Crippen LogP contribution in [0.5, 0.6) is 6.01 Å². The predicted octanol–water partition coefficient (Wildman–Crippen LogP) is 0.469. The fourth-order valence-electron chi connectivity index (χ4n) is 1.10. The number of carbonyl (C=O) groups is 1. The fourth-order valence-corrected chi connectivity index (χ4v) is 1.10. The Labute approximate surface area is 94.2 Å². The van der Waals surface area contributed by atoms with E-state index in [1.54, 1.807) is 13.0 Å². The van der Waals surface area contributed by atoms with E-state index in [4.69, 9.17) is 10.5 Å². The maximum atomic E-state index is 11.5. The van der Waals surface area contributed by atoms with Crippen LogP contribution >= 0.6 is 0 Å². The van der Waals surface area contributed by atoms with Crippen LogP contribution in [0, 0.1) is 6.92 Å². The number of aromatic nitrogens is 2. The predicted molar refractivity (Wildman–Crippen MR) is 60.2 cm³/mol. The van der Waals surface area contributed by atoms with Gasteiger partial charge in [0.1, 0.15) is 5.82 Å². The number of carbonyl (C=O) groups excluding carboxylic acids is 1. The highest BCUT2D eigenvalue weighted by Gasteiger charge is 2.12. The molecule has 6 nitrogen and oxygen atoms in total. The largest absolute Gasteiger partial charge is 0.467 e. The molecule has 1 unspecified atom stereocenters. The number of nitrogens with two attached hydrogens (primary N) is 1. The molecule has 1 rings (SSSR count). The van der Waals surface area contributed by atoms with E-state index in [0.717, 1.165) is 0 Å². The van der Waals surface area contributed by atoms with E-state index < -0.39 is 6.04 Å². The molecular formula is C10H16N4O2. The van der Waals surface area contributed by atoms with Crippen molar-refractivity contribution in [2.75, 3.05) is 12.4 Å². The first-order chi connectivity index (χ1) is 7.56. The summed E-state index contributed by atoms with van der Waals surface area (Å²) in [5.74, 6) is 0.140. The minimum absolute atomic E-state index is 0.223. The molecule has 1 amide bonds. The molecule has 1 aromatic rings. The van der Waals surface area contributed by atoms with Gasteiger partial charge in [-0.3, -0.25) is 4.79 Å². The number of hydrogen-bond donors (Lipinski definition) is 2. The SMILES string of the molecule is CCC(N)C(=O)Nc1cc(C)nc(OC)n1. The lowest BCUT2D eigenvalue weighted by Gasteiger charge is -2.10. The summed E-state index contributed by atoms with van der Waals surface area (Å²) in [5.41, 5.74) is 6.30. The highest BCUT2D eigenvalue weighted by atomic mass is 16.5. The Morgan fingerprint density at radius 1 is 1.62 bits per heavy atom. The molecule has 0 radical (unpaired) electrons. The molecule has 0 spiro atoms. The quantitative estimate of drug-likeness (QED) is 0.775. The molecule has 16 heavy (non-hydrogen) atoms. The Balaban J connectivity index is 2.81. The lowest BCUT2D eigenvalue weighted by Crippen LogP contribution is -2.35. The Kier molecular flexibility index (Phi) is 4.19. The topological polar surface area (TPSA) is 90.1 Å². The highest BCUT2D eigenvalue weighted by molar-refractivity contribution is 5.93. The highest BCUT2D eigenvalue weighted by Crippen LogP contribution is 2.11. The monoisotopic (exact) mass is 224 g/mol. The average molecular weight is 224 g/mol. The van der Waals surface area contributed by atoms with Crippen LogP contribution in [0.2, 0.25) is 0 Å². The zero-order valence-corrected chi connectivity index (χ0v) is 9.65. The van der Waals surface area contributed by atoms with Gasteiger partial charge >= 0.3 is 6.01 Å². The van der Waals surface area contributed by atoms with Gasteiger partial charge in [-0.2, -0.15) is 4.98 Å². The van der Waals surface area contributed by atoms with Crippen molar-refractivity contribution in [1.82, 2.24) is 9.97 Å². The maximum absolute atomic E-state index is 11.5. The molecule has 0 saturated carbocycles. The van der Waals surface area contributed by atoms with Gasteiger partial charge in [0.15, 0.2) is 0 Å². The van der Waals surface area contributed by atoms with Gasteiger partial charge in [-0.1, -0.05) is 6.92 Å². The zero-order valence-electron chi connectivity index (χ0n) is 9.65. The summed E-state index contributed by atoms with van der Waals surface area (Å²) in [4.78, 5) is 19.5. The van der Waals surface area contributed by atoms with Gasteiger partial charge in [0.25, 0.3) is 0 Å². The van der Waals surface area contributed by atoms with Crippen molar-refractivity contribution in [2.24, 2.45) is 5.73 Å². The van der Waals surface area contributed by atoms with Crippen LogP contribution in [0.25, 0.3) is 0 Å². The zero-order chi connectivity index (χ0) is 12.1. The average Bonchev–Trinajstić information content (AvgIpc) is 2.26. The number of nitrogens with zero attached hydrogens (tertiary/aromatic N) is 2. The molecule has 0 aliphatic carbocycles. The van der Waals surface area contributed by atoms with Crippen molar-refractivity contribution >= 4 is 11.7 Å². The van der Waals surface area contributed by atoms with Gasteiger partial charge in [0.2, 0.25) is 5.91 Å². The molecular weight excluding hydrogens is 208 g/mol. The van der Waals surface area contributed by atoms with E-state index in [-0.39, 0.29) is 11.9 Å². The molecule has 0 fully saturated rings. The van der Waals surface area contributed by atoms with Crippen molar-refractivity contribution in [3.05, 3.63) is 11.8 Å². The van der Waals surface area contributed by atoms with E-state index in [2.05, 4.69) is 15.3 Å². The van der Waals surface area contributed by atoms with Crippen molar-refractivity contribution in [3.63, 3.8) is 0 Å². The van der Waals surface area contributed by atoms with Gasteiger partial charge in [-0.25, -0.2) is 4.98 Å². The summed E-state index contributed by atoms with van der Waals surface area (Å²) in [7, 11) is 1.47. The van der Waals surface area contributed by atoms with Crippen molar-refractivity contribution in [2.45, 2.75) is 26.3 Å². The second kappa shape index (κ2) is 5.41. The molecule has 6 heteroatoms. The first kappa shape index (κ1) is 12.4. The normalized spacial score (nSPS) is 12.0. The van der Waals surface area contributed by atoms with E-state index >= 15 is 0 Å². The Hall–Kier alpha value is -1.69. The first-order valence-electron chi connectivity index (χ1n) is 5.03. The van der Waals surface area contributed by atoms with Crippen LogP contribution in [0.3, 0.4) is 0 Å². The van der Waals surface area contributed by atoms with Crippen LogP contribution in [0.15, 0.2) is 6.07 Å². The van der Waals surface area contributed by atoms with Gasteiger partial charge in [-0.15, -0.1) is 0 Å². The van der Waals surface area contributed by atoms with E-state index in [1.807, 2.05) is 6.92 Å². The number of methoxy groups -OCH3 is 1. The number of nitrogens with one attached hydrogen (secondary N) is 1. The molecule has 0 saturated heterocycles. The van der Waals surface area contributed by atoms with Gasteiger partial charge in [0.05, 0.1) is 13.2 Å². The van der Waals surface area contributed by atoms with Crippen molar-refractivity contribution < 1.29 is 9.53 Å². The van der Waals surface area contributed by atoms with Crippen LogP contribution in [-0.4, -0.2) is 29.0 Å². The van der Waals surface area contributed by atoms with Gasteiger partial charge < -0.3 is 15.8 Å². The third-order valence-corrected chi connectivity index (χ3v) is 2.04. The molecule has 1 aromatic heterocycles. The summed E-state index contributed by atoms with van der Waals surface area (Å²) in [5, 5.41) is 2.61. The summed E-state index contributed by atoms with van der Waals surface area (Å²) >= 11 is 0. The Bertz CT molecular complexity index is 381. The van der Waals surface area contributed by atoms with Gasteiger partial charge in [-0.05, 0) is 13.3 Å². The second-order valence-corrected chi connectivity index (χ2v) is 3.39. The summed E-state index contributed by atoms with van der Waals surface area (Å²) in [6, 6.07) is 1.35. The third kappa shape index (κ3) is 3.16. The van der Waals surface area contributed by atoms with Crippen LogP contribution in [0.4, 0.5) is 5.82 Å². The van der Waals surface area contributed by atoms with Crippen LogP contribution in [-0.2, 0) is 4.79 Å². The molecule has 3 N–H and O–H groups in total. The van der Waals surface area contributed by atoms with Crippen LogP contribution in [0.1, 0.15) is 19.0 Å². The molecule has 0 aliphatic rings. The smallest absolute Gasteiger partial charge is 0.318 e. The minimum Gasteiger partial charge on any atom is -0.467 e. The summed E-state index contributed by atoms with van der Waals surface area (Å²) in [6.45, 7) is 3.63. The number of ether oxygens (including phenoxy) is 1. The number of hydrogen-bond acceptors (Lipinski definition) is 5. The van der Waals surface area contributed by atoms with E-state index in [1.165, 1.54) is 7.11 Å². The van der Waals surface area contributed by atoms with Crippen molar-refractivity contribution in [1.29, 1.82) is 0 Å². The molecule has 0 aliphatic heterocycles. The molecule has 1 atom stereocenters. The van der Waals surface area contributed by atoms with E-state index in [9.17, 15) is 4.79 Å².